The summed E-state index contributed by atoms with van der Waals surface area (Å²) in [5.74, 6) is 1.98. The van der Waals surface area contributed by atoms with E-state index >= 15 is 0 Å². The smallest absolute Gasteiger partial charge is 0.130 e. The molecule has 0 amide bonds. The second-order valence-electron chi connectivity index (χ2n) is 4.45. The molecule has 92 valence electrons. The van der Waals surface area contributed by atoms with Gasteiger partial charge in [-0.15, -0.1) is 0 Å². The highest BCUT2D eigenvalue weighted by atomic mass is 16.5. The van der Waals surface area contributed by atoms with Crippen LogP contribution in [0.3, 0.4) is 0 Å². The van der Waals surface area contributed by atoms with Crippen LogP contribution in [0.15, 0.2) is 36.4 Å². The molecule has 2 aromatic carbocycles. The molecule has 0 N–H and O–H groups in total. The molecule has 0 saturated heterocycles. The van der Waals surface area contributed by atoms with E-state index in [2.05, 4.69) is 24.3 Å². The topological polar surface area (TPSA) is 18.5 Å². The number of fused-ring (bicyclic) bond motifs is 2. The summed E-state index contributed by atoms with van der Waals surface area (Å²) in [6, 6.07) is 8.26. The zero-order chi connectivity index (χ0) is 12.5. The lowest BCUT2D eigenvalue weighted by Crippen LogP contribution is -2.05. The van der Waals surface area contributed by atoms with Gasteiger partial charge >= 0.3 is 0 Å². The number of hydrogen-bond acceptors (Lipinski definition) is 2. The number of benzene rings is 2. The first kappa shape index (κ1) is 11.1. The van der Waals surface area contributed by atoms with Gasteiger partial charge in [0.2, 0.25) is 0 Å². The van der Waals surface area contributed by atoms with Crippen LogP contribution >= 0.6 is 0 Å². The molecule has 0 unspecified atom stereocenters. The highest BCUT2D eigenvalue weighted by Gasteiger charge is 2.20. The Morgan fingerprint density at radius 1 is 0.778 bits per heavy atom. The van der Waals surface area contributed by atoms with Gasteiger partial charge in [0.15, 0.2) is 0 Å². The van der Waals surface area contributed by atoms with E-state index in [9.17, 15) is 0 Å². The molecule has 0 aromatic heterocycles. The zero-order valence-electron chi connectivity index (χ0n) is 10.7. The van der Waals surface area contributed by atoms with Crippen LogP contribution in [0.2, 0.25) is 0 Å². The van der Waals surface area contributed by atoms with Gasteiger partial charge in [-0.05, 0) is 12.8 Å². The number of rotatable bonds is 2. The van der Waals surface area contributed by atoms with Crippen molar-refractivity contribution in [3.05, 3.63) is 47.5 Å². The summed E-state index contributed by atoms with van der Waals surface area (Å²) >= 11 is 0. The number of methoxy groups -OCH3 is 2. The van der Waals surface area contributed by atoms with E-state index in [0.717, 1.165) is 35.1 Å². The van der Waals surface area contributed by atoms with E-state index in [1.165, 1.54) is 11.1 Å². The Kier molecular flexibility index (Phi) is 2.71. The van der Waals surface area contributed by atoms with Crippen LogP contribution < -0.4 is 9.47 Å². The lowest BCUT2D eigenvalue weighted by molar-refractivity contribution is 0.403. The Morgan fingerprint density at radius 2 is 1.22 bits per heavy atom. The minimum atomic E-state index is 0.916. The fourth-order valence-electron chi connectivity index (χ4n) is 2.78. The Bertz CT molecular complexity index is 572. The second kappa shape index (κ2) is 4.37. The van der Waals surface area contributed by atoms with E-state index in [-0.39, 0.29) is 0 Å². The summed E-state index contributed by atoms with van der Waals surface area (Å²) < 4.78 is 11.3. The van der Waals surface area contributed by atoms with Crippen LogP contribution in [0.1, 0.15) is 11.1 Å². The Morgan fingerprint density at radius 3 is 1.61 bits per heavy atom. The first-order chi connectivity index (χ1) is 8.86. The molecular formula is C16H16O2. The molecule has 0 saturated carbocycles. The van der Waals surface area contributed by atoms with Gasteiger partial charge in [0.1, 0.15) is 11.5 Å². The van der Waals surface area contributed by atoms with Crippen molar-refractivity contribution in [2.75, 3.05) is 14.2 Å². The molecule has 2 heteroatoms. The maximum absolute atomic E-state index is 5.64. The number of ether oxygens (including phenoxy) is 2. The maximum atomic E-state index is 5.64. The summed E-state index contributed by atoms with van der Waals surface area (Å²) in [4.78, 5) is 0. The molecule has 0 aliphatic heterocycles. The predicted molar refractivity (Wildman–Crippen MR) is 73.6 cm³/mol. The van der Waals surface area contributed by atoms with Crippen molar-refractivity contribution in [2.24, 2.45) is 0 Å². The highest BCUT2D eigenvalue weighted by Crippen LogP contribution is 2.42. The van der Waals surface area contributed by atoms with Gasteiger partial charge in [-0.3, -0.25) is 0 Å². The molecule has 0 heterocycles. The summed E-state index contributed by atoms with van der Waals surface area (Å²) in [6.45, 7) is 0. The van der Waals surface area contributed by atoms with Crippen molar-refractivity contribution in [3.63, 3.8) is 0 Å². The third kappa shape index (κ3) is 1.49. The second-order valence-corrected chi connectivity index (χ2v) is 4.45. The van der Waals surface area contributed by atoms with Crippen molar-refractivity contribution in [2.45, 2.75) is 12.8 Å². The quantitative estimate of drug-likeness (QED) is 0.748. The van der Waals surface area contributed by atoms with E-state index < -0.39 is 0 Å². The van der Waals surface area contributed by atoms with Crippen LogP contribution in [0.25, 0.3) is 10.8 Å². The average molecular weight is 240 g/mol. The van der Waals surface area contributed by atoms with Crippen molar-refractivity contribution in [1.82, 2.24) is 0 Å². The highest BCUT2D eigenvalue weighted by molar-refractivity contribution is 5.96. The summed E-state index contributed by atoms with van der Waals surface area (Å²) in [7, 11) is 3.49. The average Bonchev–Trinajstić information content (AvgIpc) is 2.44. The van der Waals surface area contributed by atoms with Crippen LogP contribution in [-0.4, -0.2) is 14.2 Å². The molecule has 0 spiro atoms. The largest absolute Gasteiger partial charge is 0.496 e. The van der Waals surface area contributed by atoms with Gasteiger partial charge in [0, 0.05) is 21.9 Å². The maximum Gasteiger partial charge on any atom is 0.130 e. The number of allylic oxidation sites excluding steroid dienone is 2. The summed E-state index contributed by atoms with van der Waals surface area (Å²) in [5, 5.41) is 2.26. The van der Waals surface area contributed by atoms with Gasteiger partial charge < -0.3 is 9.47 Å². The third-order valence-corrected chi connectivity index (χ3v) is 3.55. The molecule has 3 rings (SSSR count). The first-order valence-electron chi connectivity index (χ1n) is 6.16. The standard InChI is InChI=1S/C16H16O2/c1-17-15-11-7-3-5-9-13(11)16(18-2)14-10-6-4-8-12(14)15/h3-7,9H,8,10H2,1-2H3. The summed E-state index contributed by atoms with van der Waals surface area (Å²) in [6.07, 6.45) is 6.22. The van der Waals surface area contributed by atoms with Crippen LogP contribution in [0, 0.1) is 0 Å². The number of hydrogen-bond donors (Lipinski definition) is 0. The molecule has 0 radical (unpaired) electrons. The molecule has 0 fully saturated rings. The summed E-state index contributed by atoms with van der Waals surface area (Å²) in [5.41, 5.74) is 2.52. The van der Waals surface area contributed by atoms with Crippen molar-refractivity contribution >= 4 is 10.8 Å². The van der Waals surface area contributed by atoms with Gasteiger partial charge in [-0.2, -0.15) is 0 Å². The van der Waals surface area contributed by atoms with Gasteiger partial charge in [-0.1, -0.05) is 36.4 Å². The lowest BCUT2D eigenvalue weighted by Gasteiger charge is -2.21. The molecular weight excluding hydrogens is 224 g/mol. The van der Waals surface area contributed by atoms with Gasteiger partial charge in [-0.25, -0.2) is 0 Å². The van der Waals surface area contributed by atoms with Gasteiger partial charge in [0.25, 0.3) is 0 Å². The third-order valence-electron chi connectivity index (χ3n) is 3.55. The normalized spacial score (nSPS) is 13.4. The Hall–Kier alpha value is -1.96. The molecule has 0 atom stereocenters. The fraction of sp³-hybridized carbons (Fsp3) is 0.250. The Balaban J connectivity index is 2.44. The van der Waals surface area contributed by atoms with E-state index in [4.69, 9.17) is 9.47 Å². The molecule has 18 heavy (non-hydrogen) atoms. The van der Waals surface area contributed by atoms with Crippen molar-refractivity contribution < 1.29 is 9.47 Å². The zero-order valence-corrected chi connectivity index (χ0v) is 10.7. The predicted octanol–water partition coefficient (Wildman–Crippen LogP) is 3.51. The molecule has 2 aromatic rings. The molecule has 1 aliphatic rings. The van der Waals surface area contributed by atoms with Crippen molar-refractivity contribution in [1.29, 1.82) is 0 Å². The van der Waals surface area contributed by atoms with Crippen LogP contribution in [0.5, 0.6) is 11.5 Å². The van der Waals surface area contributed by atoms with E-state index in [0.29, 0.717) is 0 Å². The molecule has 1 aliphatic carbocycles. The first-order valence-corrected chi connectivity index (χ1v) is 6.16. The minimum absolute atomic E-state index is 0.916. The monoisotopic (exact) mass is 240 g/mol. The molecule has 2 nitrogen and oxygen atoms in total. The van der Waals surface area contributed by atoms with Crippen LogP contribution in [0.4, 0.5) is 0 Å². The fourth-order valence-corrected chi connectivity index (χ4v) is 2.78. The van der Waals surface area contributed by atoms with Gasteiger partial charge in [0.05, 0.1) is 14.2 Å². The SMILES string of the molecule is COc1c2c(c(OC)c3ccccc13)CC=CC2. The van der Waals surface area contributed by atoms with E-state index in [1.807, 2.05) is 12.1 Å². The lowest BCUT2D eigenvalue weighted by atomic mass is 9.91. The minimum Gasteiger partial charge on any atom is -0.496 e. The van der Waals surface area contributed by atoms with E-state index in [1.54, 1.807) is 14.2 Å². The molecule has 0 bridgehead atoms. The van der Waals surface area contributed by atoms with Crippen LogP contribution in [-0.2, 0) is 12.8 Å². The Labute approximate surface area is 107 Å². The van der Waals surface area contributed by atoms with Crippen molar-refractivity contribution in [3.8, 4) is 11.5 Å².